The van der Waals surface area contributed by atoms with E-state index >= 15 is 0 Å². The maximum absolute atomic E-state index is 13.6. The molecule has 0 bridgehead atoms. The molecule has 0 heterocycles. The lowest BCUT2D eigenvalue weighted by Gasteiger charge is -2.32. The average molecular weight is 283 g/mol. The molecule has 0 saturated heterocycles. The molecule has 2 N–H and O–H groups in total. The summed E-state index contributed by atoms with van der Waals surface area (Å²) in [4.78, 5) is 0. The molecule has 2 rings (SSSR count). The molecule has 0 radical (unpaired) electrons. The number of halogens is 2. The van der Waals surface area contributed by atoms with Crippen LogP contribution in [0, 0.1) is 23.5 Å². The Kier molecular flexibility index (Phi) is 5.11. The summed E-state index contributed by atoms with van der Waals surface area (Å²) in [6, 6.07) is 3.66. The minimum absolute atomic E-state index is 0.149. The van der Waals surface area contributed by atoms with Gasteiger partial charge in [0.15, 0.2) is 0 Å². The van der Waals surface area contributed by atoms with Gasteiger partial charge in [-0.1, -0.05) is 19.9 Å². The first kappa shape index (κ1) is 15.4. The molecule has 3 atom stereocenters. The molecule has 4 heteroatoms. The van der Waals surface area contributed by atoms with Gasteiger partial charge in [-0.15, -0.1) is 0 Å². The van der Waals surface area contributed by atoms with E-state index in [1.54, 1.807) is 0 Å². The van der Waals surface area contributed by atoms with Gasteiger partial charge in [-0.05, 0) is 37.2 Å². The standard InChI is InChI=1S/C16H23F2NO/c1-10-5-11(2)7-13(6-10)19-9-16(20)14-4-3-12(17)8-15(14)18/h3-4,8,10-11,13,16,19-20H,5-7,9H2,1-2H3. The van der Waals surface area contributed by atoms with Gasteiger partial charge in [-0.25, -0.2) is 8.78 Å². The molecular weight excluding hydrogens is 260 g/mol. The second-order valence-electron chi connectivity index (χ2n) is 6.20. The predicted octanol–water partition coefficient (Wildman–Crippen LogP) is 3.41. The molecule has 0 amide bonds. The molecular formula is C16H23F2NO. The first-order chi connectivity index (χ1) is 9.45. The number of aliphatic hydroxyl groups is 1. The van der Waals surface area contributed by atoms with Crippen molar-refractivity contribution in [1.29, 1.82) is 0 Å². The van der Waals surface area contributed by atoms with Crippen molar-refractivity contribution in [2.45, 2.75) is 45.3 Å². The normalized spacial score (nSPS) is 28.4. The predicted molar refractivity (Wildman–Crippen MR) is 75.3 cm³/mol. The minimum atomic E-state index is -0.942. The Labute approximate surface area is 119 Å². The second-order valence-corrected chi connectivity index (χ2v) is 6.20. The summed E-state index contributed by atoms with van der Waals surface area (Å²) in [5.41, 5.74) is 0.149. The summed E-state index contributed by atoms with van der Waals surface area (Å²) in [6.45, 7) is 4.77. The van der Waals surface area contributed by atoms with E-state index in [1.807, 2.05) is 0 Å². The highest BCUT2D eigenvalue weighted by atomic mass is 19.1. The van der Waals surface area contributed by atoms with Crippen LogP contribution in [0.4, 0.5) is 8.78 Å². The van der Waals surface area contributed by atoms with E-state index in [9.17, 15) is 13.9 Å². The Morgan fingerprint density at radius 3 is 2.45 bits per heavy atom. The van der Waals surface area contributed by atoms with Gasteiger partial charge in [-0.3, -0.25) is 0 Å². The van der Waals surface area contributed by atoms with Crippen LogP contribution in [-0.2, 0) is 0 Å². The quantitative estimate of drug-likeness (QED) is 0.887. The third-order valence-corrected chi connectivity index (χ3v) is 4.10. The Morgan fingerprint density at radius 2 is 1.85 bits per heavy atom. The number of benzene rings is 1. The van der Waals surface area contributed by atoms with Crippen LogP contribution < -0.4 is 5.32 Å². The van der Waals surface area contributed by atoms with Crippen molar-refractivity contribution < 1.29 is 13.9 Å². The van der Waals surface area contributed by atoms with Crippen molar-refractivity contribution in [3.8, 4) is 0 Å². The summed E-state index contributed by atoms with van der Waals surface area (Å²) in [6.07, 6.45) is 2.47. The summed E-state index contributed by atoms with van der Waals surface area (Å²) in [7, 11) is 0. The van der Waals surface area contributed by atoms with Gasteiger partial charge in [-0.2, -0.15) is 0 Å². The van der Waals surface area contributed by atoms with Gasteiger partial charge < -0.3 is 10.4 Å². The van der Waals surface area contributed by atoms with Crippen molar-refractivity contribution in [3.05, 3.63) is 35.4 Å². The number of hydrogen-bond acceptors (Lipinski definition) is 2. The van der Waals surface area contributed by atoms with Crippen LogP contribution in [0.15, 0.2) is 18.2 Å². The van der Waals surface area contributed by atoms with Crippen LogP contribution in [0.5, 0.6) is 0 Å². The molecule has 0 spiro atoms. The van der Waals surface area contributed by atoms with Gasteiger partial charge in [0, 0.05) is 24.2 Å². The van der Waals surface area contributed by atoms with E-state index in [-0.39, 0.29) is 5.56 Å². The van der Waals surface area contributed by atoms with Crippen LogP contribution >= 0.6 is 0 Å². The Balaban J connectivity index is 1.90. The monoisotopic (exact) mass is 283 g/mol. The molecule has 0 aliphatic heterocycles. The molecule has 1 aromatic carbocycles. The molecule has 0 aromatic heterocycles. The lowest BCUT2D eigenvalue weighted by molar-refractivity contribution is 0.151. The highest BCUT2D eigenvalue weighted by molar-refractivity contribution is 5.21. The summed E-state index contributed by atoms with van der Waals surface area (Å²) in [5.74, 6) is 0.0397. The maximum Gasteiger partial charge on any atom is 0.131 e. The molecule has 2 nitrogen and oxygen atoms in total. The lowest BCUT2D eigenvalue weighted by atomic mass is 9.80. The van der Waals surface area contributed by atoms with Gasteiger partial charge in [0.2, 0.25) is 0 Å². The van der Waals surface area contributed by atoms with Gasteiger partial charge in [0.25, 0.3) is 0 Å². The van der Waals surface area contributed by atoms with E-state index < -0.39 is 17.7 Å². The van der Waals surface area contributed by atoms with E-state index in [4.69, 9.17) is 0 Å². The molecule has 1 aliphatic rings. The van der Waals surface area contributed by atoms with E-state index in [0.29, 0.717) is 24.4 Å². The summed E-state index contributed by atoms with van der Waals surface area (Å²) >= 11 is 0. The van der Waals surface area contributed by atoms with Crippen molar-refractivity contribution in [2.75, 3.05) is 6.54 Å². The lowest BCUT2D eigenvalue weighted by Crippen LogP contribution is -2.38. The summed E-state index contributed by atoms with van der Waals surface area (Å²) < 4.78 is 26.4. The first-order valence-corrected chi connectivity index (χ1v) is 7.32. The molecule has 1 aliphatic carbocycles. The fourth-order valence-corrected chi connectivity index (χ4v) is 3.27. The smallest absolute Gasteiger partial charge is 0.131 e. The molecule has 112 valence electrons. The van der Waals surface area contributed by atoms with E-state index in [1.165, 1.54) is 18.6 Å². The molecule has 3 unspecified atom stereocenters. The Hall–Kier alpha value is -1.00. The van der Waals surface area contributed by atoms with Crippen LogP contribution in [-0.4, -0.2) is 17.7 Å². The van der Waals surface area contributed by atoms with Crippen LogP contribution in [0.1, 0.15) is 44.8 Å². The molecule has 1 aromatic rings. The zero-order valence-corrected chi connectivity index (χ0v) is 12.1. The Bertz CT molecular complexity index is 442. The number of hydrogen-bond donors (Lipinski definition) is 2. The second kappa shape index (κ2) is 6.64. The topological polar surface area (TPSA) is 32.3 Å². The number of rotatable bonds is 4. The van der Waals surface area contributed by atoms with Crippen LogP contribution in [0.3, 0.4) is 0 Å². The average Bonchev–Trinajstić information content (AvgIpc) is 2.35. The maximum atomic E-state index is 13.6. The van der Waals surface area contributed by atoms with Crippen molar-refractivity contribution in [3.63, 3.8) is 0 Å². The van der Waals surface area contributed by atoms with Gasteiger partial charge >= 0.3 is 0 Å². The third-order valence-electron chi connectivity index (χ3n) is 4.10. The molecule has 1 fully saturated rings. The zero-order valence-electron chi connectivity index (χ0n) is 12.1. The minimum Gasteiger partial charge on any atom is -0.387 e. The largest absolute Gasteiger partial charge is 0.387 e. The first-order valence-electron chi connectivity index (χ1n) is 7.32. The fraction of sp³-hybridized carbons (Fsp3) is 0.625. The third kappa shape index (κ3) is 4.00. The van der Waals surface area contributed by atoms with E-state index in [0.717, 1.165) is 18.9 Å². The highest BCUT2D eigenvalue weighted by Crippen LogP contribution is 2.28. The molecule has 1 saturated carbocycles. The SMILES string of the molecule is CC1CC(C)CC(NCC(O)c2ccc(F)cc2F)C1. The van der Waals surface area contributed by atoms with Crippen LogP contribution in [0.25, 0.3) is 0 Å². The molecule has 20 heavy (non-hydrogen) atoms. The fourth-order valence-electron chi connectivity index (χ4n) is 3.27. The van der Waals surface area contributed by atoms with Gasteiger partial charge in [0.05, 0.1) is 6.10 Å². The van der Waals surface area contributed by atoms with Crippen molar-refractivity contribution in [1.82, 2.24) is 5.32 Å². The van der Waals surface area contributed by atoms with E-state index in [2.05, 4.69) is 19.2 Å². The Morgan fingerprint density at radius 1 is 1.20 bits per heavy atom. The summed E-state index contributed by atoms with van der Waals surface area (Å²) in [5, 5.41) is 13.3. The van der Waals surface area contributed by atoms with Crippen molar-refractivity contribution >= 4 is 0 Å². The number of nitrogens with one attached hydrogen (secondary N) is 1. The zero-order chi connectivity index (χ0) is 14.7. The van der Waals surface area contributed by atoms with Crippen molar-refractivity contribution in [2.24, 2.45) is 11.8 Å². The highest BCUT2D eigenvalue weighted by Gasteiger charge is 2.24. The number of aliphatic hydroxyl groups excluding tert-OH is 1. The van der Waals surface area contributed by atoms with Gasteiger partial charge in [0.1, 0.15) is 11.6 Å². The van der Waals surface area contributed by atoms with Crippen LogP contribution in [0.2, 0.25) is 0 Å².